The lowest BCUT2D eigenvalue weighted by Gasteiger charge is -2.29. The van der Waals surface area contributed by atoms with E-state index in [0.717, 1.165) is 38.5 Å². The molecule has 0 fully saturated rings. The lowest BCUT2D eigenvalue weighted by molar-refractivity contribution is -0.870. The number of phosphoric acid groups is 1. The van der Waals surface area contributed by atoms with Crippen LogP contribution in [0.15, 0.2) is 36.5 Å². The number of phosphoric ester groups is 1. The van der Waals surface area contributed by atoms with Gasteiger partial charge in [-0.3, -0.25) is 9.36 Å². The summed E-state index contributed by atoms with van der Waals surface area (Å²) in [5, 5.41) is 13.9. The Morgan fingerprint density at radius 3 is 1.11 bits per heavy atom. The molecule has 3 atom stereocenters. The average Bonchev–Trinajstić information content (AvgIpc) is 3.35. The summed E-state index contributed by atoms with van der Waals surface area (Å²) in [5.41, 5.74) is 0. The molecule has 0 heterocycles. The van der Waals surface area contributed by atoms with Crippen molar-refractivity contribution >= 4 is 13.7 Å². The number of nitrogens with zero attached hydrogens (tertiary/aromatic N) is 1. The highest BCUT2D eigenvalue weighted by Gasteiger charge is 2.23. The van der Waals surface area contributed by atoms with Crippen molar-refractivity contribution in [2.75, 3.05) is 40.9 Å². The van der Waals surface area contributed by atoms with Gasteiger partial charge in [-0.25, -0.2) is 0 Å². The zero-order valence-electron chi connectivity index (χ0n) is 49.4. The summed E-state index contributed by atoms with van der Waals surface area (Å²) in [7, 11) is 1.26. The van der Waals surface area contributed by atoms with E-state index in [1.807, 2.05) is 27.2 Å². The maximum atomic E-state index is 13.0. The molecular weight excluding hydrogens is 924 g/mol. The molecule has 0 spiro atoms. The molecule has 0 aromatic rings. The fraction of sp³-hybridized carbons (Fsp3) is 0.891. The molecule has 2 N–H and O–H groups in total. The molecule has 0 aliphatic carbocycles. The Kier molecular flexibility index (Phi) is 54.5. The van der Waals surface area contributed by atoms with Gasteiger partial charge in [0.2, 0.25) is 5.91 Å². The van der Waals surface area contributed by atoms with Gasteiger partial charge in [0.15, 0.2) is 0 Å². The van der Waals surface area contributed by atoms with Crippen molar-refractivity contribution < 1.29 is 32.9 Å². The third-order valence-corrected chi connectivity index (χ3v) is 15.5. The van der Waals surface area contributed by atoms with Crippen molar-refractivity contribution in [3.8, 4) is 0 Å². The summed E-state index contributed by atoms with van der Waals surface area (Å²) in [6.07, 6.45) is 72.5. The fourth-order valence-electron chi connectivity index (χ4n) is 9.58. The number of allylic oxidation sites excluding steroid dienone is 5. The van der Waals surface area contributed by atoms with Gasteiger partial charge in [-0.15, -0.1) is 0 Å². The van der Waals surface area contributed by atoms with E-state index in [0.29, 0.717) is 17.4 Å². The first-order valence-electron chi connectivity index (χ1n) is 31.9. The lowest BCUT2D eigenvalue weighted by Crippen LogP contribution is -2.45. The molecule has 9 heteroatoms. The summed E-state index contributed by atoms with van der Waals surface area (Å²) in [6, 6.07) is -0.903. The highest BCUT2D eigenvalue weighted by atomic mass is 31.2. The van der Waals surface area contributed by atoms with E-state index in [1.165, 1.54) is 257 Å². The van der Waals surface area contributed by atoms with Gasteiger partial charge in [-0.05, 0) is 57.8 Å². The number of amides is 1. The number of likely N-dealkylation sites (N-methyl/N-ethyl adjacent to an activating group) is 1. The number of hydrogen-bond acceptors (Lipinski definition) is 6. The van der Waals surface area contributed by atoms with Gasteiger partial charge in [0.1, 0.15) is 13.2 Å². The second-order valence-electron chi connectivity index (χ2n) is 23.1. The largest absolute Gasteiger partial charge is 0.756 e. The maximum absolute atomic E-state index is 13.0. The van der Waals surface area contributed by atoms with E-state index in [-0.39, 0.29) is 19.1 Å². The van der Waals surface area contributed by atoms with Gasteiger partial charge in [-0.2, -0.15) is 0 Å². The first-order chi connectivity index (χ1) is 35.5. The predicted molar refractivity (Wildman–Crippen MR) is 316 cm³/mol. The molecule has 0 aromatic carbocycles. The van der Waals surface area contributed by atoms with E-state index < -0.39 is 20.0 Å². The van der Waals surface area contributed by atoms with Gasteiger partial charge in [0.25, 0.3) is 7.82 Å². The molecule has 0 rings (SSSR count). The Labute approximate surface area is 455 Å². The molecule has 0 bridgehead atoms. The predicted octanol–water partition coefficient (Wildman–Crippen LogP) is 19.1. The number of unbranched alkanes of at least 4 members (excludes halogenated alkanes) is 42. The summed E-state index contributed by atoms with van der Waals surface area (Å²) in [5.74, 6) is -0.201. The Hall–Kier alpha value is -1.28. The third-order valence-electron chi connectivity index (χ3n) is 14.6. The van der Waals surface area contributed by atoms with Crippen LogP contribution in [-0.4, -0.2) is 68.5 Å². The van der Waals surface area contributed by atoms with Crippen LogP contribution in [0.4, 0.5) is 0 Å². The molecule has 0 aromatic heterocycles. The van der Waals surface area contributed by atoms with Gasteiger partial charge in [0, 0.05) is 6.42 Å². The molecule has 1 amide bonds. The minimum Gasteiger partial charge on any atom is -0.756 e. The second-order valence-corrected chi connectivity index (χ2v) is 24.5. The van der Waals surface area contributed by atoms with Crippen LogP contribution >= 0.6 is 7.82 Å². The van der Waals surface area contributed by atoms with Gasteiger partial charge in [-0.1, -0.05) is 288 Å². The number of quaternary nitrogens is 1. The normalized spacial score (nSPS) is 14.0. The molecule has 432 valence electrons. The van der Waals surface area contributed by atoms with E-state index in [9.17, 15) is 19.4 Å². The highest BCUT2D eigenvalue weighted by Crippen LogP contribution is 2.38. The summed E-state index contributed by atoms with van der Waals surface area (Å²) < 4.78 is 23.4. The number of rotatable bonds is 59. The SMILES string of the molecule is CCCCCCCCCC/C=C\CCCCCCCCCCCCCCCCCCCC(=O)NC(COP(=O)([O-])OCC[N+](C)(C)C)C(O)/C=C/CC/C=C/CCCCCCCCCCCCCCCCCC. The third kappa shape index (κ3) is 58.2. The fourth-order valence-corrected chi connectivity index (χ4v) is 10.3. The standard InChI is InChI=1S/C64H125N2O6P/c1-6-8-10-12-14-16-18-20-22-24-26-28-30-31-32-33-34-35-36-38-40-42-44-46-48-50-52-54-56-58-64(68)65-62(61-72-73(69,70)71-60-59-66(3,4)5)63(67)57-55-53-51-49-47-45-43-41-39-37-29-27-25-23-21-19-17-15-13-11-9-7-2/h24,26,47,49,55,57,62-63,67H,6-23,25,27-46,48,50-54,56,58-61H2,1-5H3,(H-,65,68,69,70)/b26-24-,49-47+,57-55+. The number of hydrogen-bond donors (Lipinski definition) is 2. The van der Waals surface area contributed by atoms with Crippen molar-refractivity contribution in [1.29, 1.82) is 0 Å². The summed E-state index contributed by atoms with van der Waals surface area (Å²) >= 11 is 0. The molecular formula is C64H125N2O6P. The summed E-state index contributed by atoms with van der Waals surface area (Å²) in [4.78, 5) is 25.6. The zero-order chi connectivity index (χ0) is 53.5. The Balaban J connectivity index is 4.13. The van der Waals surface area contributed by atoms with Crippen molar-refractivity contribution in [3.63, 3.8) is 0 Å². The molecule has 0 saturated heterocycles. The first-order valence-corrected chi connectivity index (χ1v) is 33.3. The van der Waals surface area contributed by atoms with Gasteiger partial charge < -0.3 is 28.8 Å². The zero-order valence-corrected chi connectivity index (χ0v) is 50.3. The highest BCUT2D eigenvalue weighted by molar-refractivity contribution is 7.45. The van der Waals surface area contributed by atoms with E-state index in [1.54, 1.807) is 6.08 Å². The molecule has 0 radical (unpaired) electrons. The van der Waals surface area contributed by atoms with E-state index >= 15 is 0 Å². The van der Waals surface area contributed by atoms with Gasteiger partial charge in [0.05, 0.1) is 39.9 Å². The topological polar surface area (TPSA) is 108 Å². The van der Waals surface area contributed by atoms with Crippen molar-refractivity contribution in [3.05, 3.63) is 36.5 Å². The van der Waals surface area contributed by atoms with Crippen LogP contribution in [0.5, 0.6) is 0 Å². The number of aliphatic hydroxyl groups is 1. The average molecular weight is 1050 g/mol. The van der Waals surface area contributed by atoms with E-state index in [2.05, 4.69) is 43.5 Å². The maximum Gasteiger partial charge on any atom is 0.268 e. The first kappa shape index (κ1) is 71.7. The van der Waals surface area contributed by atoms with Crippen molar-refractivity contribution in [1.82, 2.24) is 5.32 Å². The molecule has 73 heavy (non-hydrogen) atoms. The van der Waals surface area contributed by atoms with Crippen molar-refractivity contribution in [2.45, 2.75) is 328 Å². The summed E-state index contributed by atoms with van der Waals surface area (Å²) in [6.45, 7) is 4.67. The van der Waals surface area contributed by atoms with Crippen LogP contribution < -0.4 is 10.2 Å². The van der Waals surface area contributed by atoms with Gasteiger partial charge >= 0.3 is 0 Å². The minimum absolute atomic E-state index is 0.00478. The monoisotopic (exact) mass is 1050 g/mol. The van der Waals surface area contributed by atoms with Crippen LogP contribution in [0.1, 0.15) is 316 Å². The number of aliphatic hydroxyl groups excluding tert-OH is 1. The Morgan fingerprint density at radius 2 is 0.767 bits per heavy atom. The van der Waals surface area contributed by atoms with Crippen molar-refractivity contribution in [2.24, 2.45) is 0 Å². The number of carbonyl (C=O) groups excluding carboxylic acids is 1. The number of carbonyl (C=O) groups is 1. The lowest BCUT2D eigenvalue weighted by atomic mass is 10.0. The molecule has 8 nitrogen and oxygen atoms in total. The van der Waals surface area contributed by atoms with Crippen LogP contribution in [0, 0.1) is 0 Å². The van der Waals surface area contributed by atoms with Crippen LogP contribution in [0.25, 0.3) is 0 Å². The van der Waals surface area contributed by atoms with Crippen LogP contribution in [-0.2, 0) is 18.4 Å². The van der Waals surface area contributed by atoms with Crippen LogP contribution in [0.3, 0.4) is 0 Å². The minimum atomic E-state index is -4.61. The van der Waals surface area contributed by atoms with E-state index in [4.69, 9.17) is 9.05 Å². The molecule has 0 aliphatic heterocycles. The Morgan fingerprint density at radius 1 is 0.466 bits per heavy atom. The quantitative estimate of drug-likeness (QED) is 0.0272. The number of nitrogens with one attached hydrogen (secondary N) is 1. The van der Waals surface area contributed by atoms with Crippen LogP contribution in [0.2, 0.25) is 0 Å². The second kappa shape index (κ2) is 55.5. The Bertz CT molecular complexity index is 1280. The molecule has 0 saturated carbocycles. The molecule has 3 unspecified atom stereocenters. The molecule has 0 aliphatic rings. The smallest absolute Gasteiger partial charge is 0.268 e.